The number of carbonyl (C=O) groups excluding carboxylic acids is 2. The zero-order chi connectivity index (χ0) is 31.9. The second-order valence-corrected chi connectivity index (χ2v) is 11.5. The molecule has 2 aliphatic rings. The van der Waals surface area contributed by atoms with Crippen LogP contribution >= 0.6 is 0 Å². The number of para-hydroxylation sites is 1. The first-order chi connectivity index (χ1) is 22.5. The third kappa shape index (κ3) is 7.14. The molecule has 8 heteroatoms. The molecule has 2 fully saturated rings. The van der Waals surface area contributed by atoms with E-state index in [0.717, 1.165) is 30.8 Å². The van der Waals surface area contributed by atoms with Gasteiger partial charge in [0, 0.05) is 31.7 Å². The van der Waals surface area contributed by atoms with Gasteiger partial charge < -0.3 is 24.2 Å². The number of amides is 1. The van der Waals surface area contributed by atoms with Gasteiger partial charge in [0.2, 0.25) is 0 Å². The molecule has 4 aromatic rings. The lowest BCUT2D eigenvalue weighted by Gasteiger charge is -2.29. The van der Waals surface area contributed by atoms with Crippen molar-refractivity contribution in [1.29, 1.82) is 0 Å². The predicted octanol–water partition coefficient (Wildman–Crippen LogP) is 6.51. The van der Waals surface area contributed by atoms with Crippen molar-refractivity contribution in [2.75, 3.05) is 39.4 Å². The van der Waals surface area contributed by atoms with E-state index < -0.39 is 17.7 Å². The average Bonchev–Trinajstić information content (AvgIpc) is 3.34. The molecule has 1 N–H and O–H groups in total. The number of ketones is 1. The van der Waals surface area contributed by atoms with Gasteiger partial charge in [0.15, 0.2) is 0 Å². The quantitative estimate of drug-likeness (QED) is 0.116. The van der Waals surface area contributed by atoms with Crippen molar-refractivity contribution < 1.29 is 28.9 Å². The minimum Gasteiger partial charge on any atom is -0.507 e. The van der Waals surface area contributed by atoms with E-state index in [0.29, 0.717) is 61.2 Å². The van der Waals surface area contributed by atoms with Crippen LogP contribution in [0.4, 0.5) is 0 Å². The lowest BCUT2D eigenvalue weighted by molar-refractivity contribution is -0.140. The van der Waals surface area contributed by atoms with Gasteiger partial charge in [-0.2, -0.15) is 0 Å². The Hall–Kier alpha value is -4.92. The van der Waals surface area contributed by atoms with Crippen molar-refractivity contribution in [3.05, 3.63) is 131 Å². The van der Waals surface area contributed by atoms with Crippen LogP contribution in [0.1, 0.15) is 34.7 Å². The first-order valence-electron chi connectivity index (χ1n) is 15.7. The molecule has 0 bridgehead atoms. The predicted molar refractivity (Wildman–Crippen MR) is 176 cm³/mol. The SMILES string of the molecule is Cc1cc(/C(O)=C2\C(=O)C(=O)N(CCCN3CCOCC3)C2c2cccc(Oc3ccccc3)c2)ccc1OCc1ccccc1. The fourth-order valence-corrected chi connectivity index (χ4v) is 5.97. The highest BCUT2D eigenvalue weighted by Crippen LogP contribution is 2.41. The normalized spacial score (nSPS) is 18.1. The molecule has 236 valence electrons. The average molecular weight is 619 g/mol. The van der Waals surface area contributed by atoms with E-state index in [1.165, 1.54) is 0 Å². The second kappa shape index (κ2) is 14.5. The Balaban J connectivity index is 1.31. The number of aliphatic hydroxyl groups is 1. The fourth-order valence-electron chi connectivity index (χ4n) is 5.97. The van der Waals surface area contributed by atoms with Gasteiger partial charge in [0.05, 0.1) is 24.8 Å². The smallest absolute Gasteiger partial charge is 0.295 e. The number of nitrogens with zero attached hydrogens (tertiary/aromatic N) is 2. The van der Waals surface area contributed by atoms with Crippen LogP contribution in [0.2, 0.25) is 0 Å². The van der Waals surface area contributed by atoms with E-state index in [-0.39, 0.29) is 11.3 Å². The monoisotopic (exact) mass is 618 g/mol. The maximum absolute atomic E-state index is 13.7. The van der Waals surface area contributed by atoms with Gasteiger partial charge in [0.25, 0.3) is 11.7 Å². The van der Waals surface area contributed by atoms with Crippen LogP contribution < -0.4 is 9.47 Å². The molecular weight excluding hydrogens is 580 g/mol. The Bertz CT molecular complexity index is 1700. The third-order valence-electron chi connectivity index (χ3n) is 8.36. The van der Waals surface area contributed by atoms with Crippen molar-refractivity contribution in [3.63, 3.8) is 0 Å². The van der Waals surface area contributed by atoms with Crippen molar-refractivity contribution in [2.45, 2.75) is 26.0 Å². The maximum atomic E-state index is 13.7. The van der Waals surface area contributed by atoms with Crippen molar-refractivity contribution in [2.24, 2.45) is 0 Å². The Kier molecular flexibility index (Phi) is 9.76. The van der Waals surface area contributed by atoms with Gasteiger partial charge in [-0.25, -0.2) is 0 Å². The molecule has 0 aliphatic carbocycles. The number of aliphatic hydroxyl groups excluding tert-OH is 1. The number of hydrogen-bond donors (Lipinski definition) is 1. The van der Waals surface area contributed by atoms with E-state index in [1.807, 2.05) is 91.9 Å². The Labute approximate surface area is 269 Å². The van der Waals surface area contributed by atoms with Crippen LogP contribution in [-0.4, -0.2) is 66.0 Å². The third-order valence-corrected chi connectivity index (χ3v) is 8.36. The molecule has 0 radical (unpaired) electrons. The molecule has 0 spiro atoms. The summed E-state index contributed by atoms with van der Waals surface area (Å²) in [5.74, 6) is 0.368. The molecule has 1 unspecified atom stereocenters. The van der Waals surface area contributed by atoms with Crippen LogP contribution in [0, 0.1) is 6.92 Å². The molecule has 46 heavy (non-hydrogen) atoms. The topological polar surface area (TPSA) is 88.5 Å². The van der Waals surface area contributed by atoms with E-state index in [4.69, 9.17) is 14.2 Å². The first-order valence-corrected chi connectivity index (χ1v) is 15.7. The molecule has 0 saturated carbocycles. The second-order valence-electron chi connectivity index (χ2n) is 11.5. The minimum atomic E-state index is -0.779. The summed E-state index contributed by atoms with van der Waals surface area (Å²) >= 11 is 0. The molecule has 8 nitrogen and oxygen atoms in total. The number of Topliss-reactive ketones (excluding diaryl/α,β-unsaturated/α-hetero) is 1. The van der Waals surface area contributed by atoms with Crippen molar-refractivity contribution >= 4 is 17.4 Å². The lowest BCUT2D eigenvalue weighted by atomic mass is 9.94. The van der Waals surface area contributed by atoms with Crippen LogP contribution in [0.25, 0.3) is 5.76 Å². The first kappa shape index (κ1) is 31.1. The van der Waals surface area contributed by atoms with E-state index in [2.05, 4.69) is 4.90 Å². The van der Waals surface area contributed by atoms with Gasteiger partial charge in [-0.15, -0.1) is 0 Å². The summed E-state index contributed by atoms with van der Waals surface area (Å²) in [6, 6.07) is 31.2. The number of benzene rings is 4. The van der Waals surface area contributed by atoms with Crippen LogP contribution in [0.3, 0.4) is 0 Å². The van der Waals surface area contributed by atoms with Gasteiger partial charge in [-0.1, -0.05) is 60.7 Å². The Morgan fingerprint density at radius 1 is 0.848 bits per heavy atom. The van der Waals surface area contributed by atoms with Crippen LogP contribution in [-0.2, 0) is 20.9 Å². The highest BCUT2D eigenvalue weighted by molar-refractivity contribution is 6.46. The van der Waals surface area contributed by atoms with Crippen molar-refractivity contribution in [3.8, 4) is 17.2 Å². The van der Waals surface area contributed by atoms with Gasteiger partial charge in [-0.05, 0) is 72.5 Å². The summed E-state index contributed by atoms with van der Waals surface area (Å²) in [6.45, 7) is 6.49. The van der Waals surface area contributed by atoms with Gasteiger partial charge in [0.1, 0.15) is 29.6 Å². The van der Waals surface area contributed by atoms with Crippen LogP contribution in [0.15, 0.2) is 109 Å². The molecule has 2 aliphatic heterocycles. The van der Waals surface area contributed by atoms with E-state index in [9.17, 15) is 14.7 Å². The zero-order valence-corrected chi connectivity index (χ0v) is 25.9. The van der Waals surface area contributed by atoms with Crippen LogP contribution in [0.5, 0.6) is 17.2 Å². The lowest BCUT2D eigenvalue weighted by Crippen LogP contribution is -2.38. The Morgan fingerprint density at radius 2 is 1.57 bits per heavy atom. The van der Waals surface area contributed by atoms with Gasteiger partial charge >= 0.3 is 0 Å². The molecule has 0 aromatic heterocycles. The summed E-state index contributed by atoms with van der Waals surface area (Å²) < 4.78 is 17.6. The molecule has 4 aromatic carbocycles. The minimum absolute atomic E-state index is 0.0607. The maximum Gasteiger partial charge on any atom is 0.295 e. The number of rotatable bonds is 11. The molecule has 2 saturated heterocycles. The fraction of sp³-hybridized carbons (Fsp3) is 0.263. The zero-order valence-electron chi connectivity index (χ0n) is 25.9. The summed E-state index contributed by atoms with van der Waals surface area (Å²) in [6.07, 6.45) is 0.677. The largest absolute Gasteiger partial charge is 0.507 e. The number of morpholine rings is 1. The molecule has 2 heterocycles. The molecule has 1 atom stereocenters. The molecule has 6 rings (SSSR count). The van der Waals surface area contributed by atoms with E-state index >= 15 is 0 Å². The summed E-state index contributed by atoms with van der Waals surface area (Å²) in [7, 11) is 0. The number of hydrogen-bond acceptors (Lipinski definition) is 7. The molecular formula is C38H38N2O6. The number of aryl methyl sites for hydroxylation is 1. The van der Waals surface area contributed by atoms with E-state index in [1.54, 1.807) is 23.1 Å². The standard InChI is InChI=1S/C38H38N2O6/c1-27-24-30(16-17-33(27)45-26-28-10-4-2-5-11-28)36(41)34-35(29-12-8-15-32(25-29)46-31-13-6-3-7-14-31)40(38(43)37(34)42)19-9-18-39-20-22-44-23-21-39/h2-8,10-17,24-25,35,41H,9,18-23,26H2,1H3/b36-34+. The van der Waals surface area contributed by atoms with Crippen molar-refractivity contribution in [1.82, 2.24) is 9.80 Å². The Morgan fingerprint density at radius 3 is 2.30 bits per heavy atom. The summed E-state index contributed by atoms with van der Waals surface area (Å²) in [5, 5.41) is 11.7. The highest BCUT2D eigenvalue weighted by Gasteiger charge is 2.46. The molecule has 1 amide bonds. The summed E-state index contributed by atoms with van der Waals surface area (Å²) in [5.41, 5.74) is 3.03. The number of ether oxygens (including phenoxy) is 3. The van der Waals surface area contributed by atoms with Gasteiger partial charge in [-0.3, -0.25) is 14.5 Å². The number of carbonyl (C=O) groups is 2. The summed E-state index contributed by atoms with van der Waals surface area (Å²) in [4.78, 5) is 31.1. The highest BCUT2D eigenvalue weighted by atomic mass is 16.5. The number of likely N-dealkylation sites (tertiary alicyclic amines) is 1.